The zero-order valence-corrected chi connectivity index (χ0v) is 12.7. The van der Waals surface area contributed by atoms with Crippen molar-refractivity contribution < 1.29 is 9.53 Å². The Balaban J connectivity index is 2.86. The van der Waals surface area contributed by atoms with Gasteiger partial charge >= 0.3 is 5.97 Å². The lowest BCUT2D eigenvalue weighted by atomic mass is 10.0. The number of carbonyl (C=O) groups excluding carboxylic acids is 1. The standard InChI is InChI=1S/C16H25NO2/c1-6-8-13-9-11-14(12-10-13)17(5)16(3,4)15(18)19-7-2/h9-12H,6-8H2,1-5H3. The maximum atomic E-state index is 12.0. The Morgan fingerprint density at radius 2 is 1.79 bits per heavy atom. The molecule has 0 N–H and O–H groups in total. The summed E-state index contributed by atoms with van der Waals surface area (Å²) < 4.78 is 5.13. The van der Waals surface area contributed by atoms with Gasteiger partial charge < -0.3 is 9.64 Å². The van der Waals surface area contributed by atoms with Gasteiger partial charge in [0.05, 0.1) is 6.61 Å². The molecule has 0 radical (unpaired) electrons. The van der Waals surface area contributed by atoms with E-state index in [1.165, 1.54) is 5.56 Å². The fraction of sp³-hybridized carbons (Fsp3) is 0.562. The lowest BCUT2D eigenvalue weighted by Crippen LogP contribution is -2.49. The lowest BCUT2D eigenvalue weighted by Gasteiger charge is -2.35. The highest BCUT2D eigenvalue weighted by molar-refractivity contribution is 5.84. The normalized spacial score (nSPS) is 11.2. The van der Waals surface area contributed by atoms with E-state index in [0.717, 1.165) is 18.5 Å². The number of ether oxygens (including phenoxy) is 1. The summed E-state index contributed by atoms with van der Waals surface area (Å²) in [6.45, 7) is 8.17. The van der Waals surface area contributed by atoms with Crippen LogP contribution in [0, 0.1) is 0 Å². The van der Waals surface area contributed by atoms with Gasteiger partial charge in [0.2, 0.25) is 0 Å². The Kier molecular flexibility index (Phi) is 5.40. The van der Waals surface area contributed by atoms with E-state index in [1.54, 1.807) is 0 Å². The summed E-state index contributed by atoms with van der Waals surface area (Å²) in [6, 6.07) is 8.37. The molecule has 1 aromatic carbocycles. The van der Waals surface area contributed by atoms with Gasteiger partial charge in [-0.3, -0.25) is 0 Å². The van der Waals surface area contributed by atoms with Crippen LogP contribution in [0.25, 0.3) is 0 Å². The van der Waals surface area contributed by atoms with Crippen LogP contribution >= 0.6 is 0 Å². The van der Waals surface area contributed by atoms with Crippen molar-refractivity contribution in [3.8, 4) is 0 Å². The van der Waals surface area contributed by atoms with Crippen molar-refractivity contribution in [2.45, 2.75) is 46.1 Å². The van der Waals surface area contributed by atoms with E-state index in [1.807, 2.05) is 32.7 Å². The molecule has 106 valence electrons. The zero-order chi connectivity index (χ0) is 14.5. The molecule has 1 aromatic rings. The number of anilines is 1. The van der Waals surface area contributed by atoms with E-state index in [2.05, 4.69) is 31.2 Å². The summed E-state index contributed by atoms with van der Waals surface area (Å²) in [5.41, 5.74) is 1.69. The molecule has 3 heteroatoms. The van der Waals surface area contributed by atoms with Crippen LogP contribution < -0.4 is 4.90 Å². The van der Waals surface area contributed by atoms with E-state index in [4.69, 9.17) is 4.74 Å². The van der Waals surface area contributed by atoms with Crippen LogP contribution in [0.1, 0.15) is 39.7 Å². The zero-order valence-electron chi connectivity index (χ0n) is 12.7. The number of hydrogen-bond donors (Lipinski definition) is 0. The molecule has 0 amide bonds. The number of aryl methyl sites for hydroxylation is 1. The van der Waals surface area contributed by atoms with Crippen molar-refractivity contribution >= 4 is 11.7 Å². The number of esters is 1. The lowest BCUT2D eigenvalue weighted by molar-refractivity contribution is -0.148. The molecule has 19 heavy (non-hydrogen) atoms. The molecule has 0 aliphatic rings. The molecule has 0 bridgehead atoms. The number of benzene rings is 1. The van der Waals surface area contributed by atoms with Crippen molar-refractivity contribution in [1.82, 2.24) is 0 Å². The van der Waals surface area contributed by atoms with Crippen LogP contribution in [-0.4, -0.2) is 25.2 Å². The van der Waals surface area contributed by atoms with Crippen LogP contribution in [0.5, 0.6) is 0 Å². The van der Waals surface area contributed by atoms with E-state index in [-0.39, 0.29) is 5.97 Å². The predicted octanol–water partition coefficient (Wildman–Crippen LogP) is 3.42. The minimum atomic E-state index is -0.664. The van der Waals surface area contributed by atoms with Gasteiger partial charge in [-0.1, -0.05) is 25.5 Å². The average Bonchev–Trinajstić information content (AvgIpc) is 2.39. The van der Waals surface area contributed by atoms with Gasteiger partial charge in [-0.05, 0) is 44.9 Å². The van der Waals surface area contributed by atoms with Crippen molar-refractivity contribution in [2.75, 3.05) is 18.6 Å². The van der Waals surface area contributed by atoms with Crippen molar-refractivity contribution in [2.24, 2.45) is 0 Å². The largest absolute Gasteiger partial charge is 0.464 e. The fourth-order valence-corrected chi connectivity index (χ4v) is 1.94. The third kappa shape index (κ3) is 3.72. The first kappa shape index (κ1) is 15.5. The minimum Gasteiger partial charge on any atom is -0.464 e. The van der Waals surface area contributed by atoms with Crippen molar-refractivity contribution in [1.29, 1.82) is 0 Å². The predicted molar refractivity (Wildman–Crippen MR) is 79.6 cm³/mol. The third-order valence-electron chi connectivity index (χ3n) is 3.48. The Labute approximate surface area is 116 Å². The van der Waals surface area contributed by atoms with Crippen molar-refractivity contribution in [3.05, 3.63) is 29.8 Å². The molecule has 0 saturated heterocycles. The summed E-state index contributed by atoms with van der Waals surface area (Å²) >= 11 is 0. The van der Waals surface area contributed by atoms with Gasteiger partial charge in [-0.25, -0.2) is 4.79 Å². The van der Waals surface area contributed by atoms with Gasteiger partial charge in [0, 0.05) is 12.7 Å². The minimum absolute atomic E-state index is 0.199. The van der Waals surface area contributed by atoms with E-state index < -0.39 is 5.54 Å². The summed E-state index contributed by atoms with van der Waals surface area (Å²) in [7, 11) is 1.92. The average molecular weight is 263 g/mol. The molecule has 0 aromatic heterocycles. The summed E-state index contributed by atoms with van der Waals surface area (Å²) in [5, 5.41) is 0. The third-order valence-corrected chi connectivity index (χ3v) is 3.48. The molecular weight excluding hydrogens is 238 g/mol. The summed E-state index contributed by atoms with van der Waals surface area (Å²) in [6.07, 6.45) is 2.23. The highest BCUT2D eigenvalue weighted by Gasteiger charge is 2.33. The summed E-state index contributed by atoms with van der Waals surface area (Å²) in [5.74, 6) is -0.199. The molecular formula is C16H25NO2. The van der Waals surface area contributed by atoms with Gasteiger partial charge in [0.15, 0.2) is 0 Å². The molecule has 1 rings (SSSR count). The maximum absolute atomic E-state index is 12.0. The topological polar surface area (TPSA) is 29.5 Å². The number of carbonyl (C=O) groups is 1. The Bertz CT molecular complexity index is 409. The monoisotopic (exact) mass is 263 g/mol. The first-order valence-corrected chi connectivity index (χ1v) is 6.93. The van der Waals surface area contributed by atoms with Crippen molar-refractivity contribution in [3.63, 3.8) is 0 Å². The molecule has 0 aliphatic carbocycles. The molecule has 0 spiro atoms. The number of likely N-dealkylation sites (N-methyl/N-ethyl adjacent to an activating group) is 1. The molecule has 0 fully saturated rings. The molecule has 0 heterocycles. The Hall–Kier alpha value is -1.51. The summed E-state index contributed by atoms with van der Waals surface area (Å²) in [4.78, 5) is 13.9. The van der Waals surface area contributed by atoms with Gasteiger partial charge in [-0.15, -0.1) is 0 Å². The Morgan fingerprint density at radius 1 is 1.21 bits per heavy atom. The molecule has 0 saturated carbocycles. The van der Waals surface area contributed by atoms with Crippen LogP contribution in [0.4, 0.5) is 5.69 Å². The first-order valence-electron chi connectivity index (χ1n) is 6.93. The van der Waals surface area contributed by atoms with E-state index >= 15 is 0 Å². The quantitative estimate of drug-likeness (QED) is 0.737. The van der Waals surface area contributed by atoms with Gasteiger partial charge in [-0.2, -0.15) is 0 Å². The maximum Gasteiger partial charge on any atom is 0.331 e. The smallest absolute Gasteiger partial charge is 0.331 e. The van der Waals surface area contributed by atoms with Crippen LogP contribution in [0.15, 0.2) is 24.3 Å². The second kappa shape index (κ2) is 6.60. The van der Waals surface area contributed by atoms with Crippen LogP contribution in [-0.2, 0) is 16.0 Å². The van der Waals surface area contributed by atoms with Gasteiger partial charge in [0.25, 0.3) is 0 Å². The molecule has 0 unspecified atom stereocenters. The SMILES string of the molecule is CCCc1ccc(N(C)C(C)(C)C(=O)OCC)cc1. The number of nitrogens with zero attached hydrogens (tertiary/aromatic N) is 1. The first-order chi connectivity index (χ1) is 8.93. The molecule has 0 atom stereocenters. The van der Waals surface area contributed by atoms with E-state index in [0.29, 0.717) is 6.61 Å². The number of rotatable bonds is 6. The van der Waals surface area contributed by atoms with Crippen LogP contribution in [0.3, 0.4) is 0 Å². The highest BCUT2D eigenvalue weighted by atomic mass is 16.5. The molecule has 3 nitrogen and oxygen atoms in total. The highest BCUT2D eigenvalue weighted by Crippen LogP contribution is 2.24. The Morgan fingerprint density at radius 3 is 2.26 bits per heavy atom. The van der Waals surface area contributed by atoms with Crippen LogP contribution in [0.2, 0.25) is 0 Å². The molecule has 0 aliphatic heterocycles. The fourth-order valence-electron chi connectivity index (χ4n) is 1.94. The number of hydrogen-bond acceptors (Lipinski definition) is 3. The second-order valence-corrected chi connectivity index (χ2v) is 5.25. The van der Waals surface area contributed by atoms with E-state index in [9.17, 15) is 4.79 Å². The second-order valence-electron chi connectivity index (χ2n) is 5.25. The van der Waals surface area contributed by atoms with Gasteiger partial charge in [0.1, 0.15) is 5.54 Å².